The second-order valence-electron chi connectivity index (χ2n) is 3.94. The lowest BCUT2D eigenvalue weighted by atomic mass is 9.83. The molecule has 0 radical (unpaired) electrons. The molecule has 0 aromatic heterocycles. The van der Waals surface area contributed by atoms with E-state index >= 15 is 0 Å². The highest BCUT2D eigenvalue weighted by Gasteiger charge is 2.31. The van der Waals surface area contributed by atoms with Crippen molar-refractivity contribution < 1.29 is 19.8 Å². The number of hydrogen-bond acceptors (Lipinski definition) is 4. The normalized spacial score (nSPS) is 15.2. The topological polar surface area (TPSA) is 74.6 Å². The van der Waals surface area contributed by atoms with Gasteiger partial charge in [-0.3, -0.25) is 9.59 Å². The molecule has 1 aromatic carbocycles. The van der Waals surface area contributed by atoms with Crippen molar-refractivity contribution in [3.05, 3.63) is 40.5 Å². The number of Topliss-reactive ketones (excluding diaryl/α,β-unsaturated/α-hetero) is 2. The zero-order chi connectivity index (χ0) is 12.6. The Kier molecular flexibility index (Phi) is 2.81. The molecule has 17 heavy (non-hydrogen) atoms. The number of aliphatic hydroxyl groups excluding tert-OH is 1. The molecular weight excluding hydrogens is 220 g/mol. The summed E-state index contributed by atoms with van der Waals surface area (Å²) in [6.45, 7) is 1.37. The van der Waals surface area contributed by atoms with Crippen LogP contribution in [0.1, 0.15) is 34.1 Å². The van der Waals surface area contributed by atoms with Crippen LogP contribution in [0.5, 0.6) is 5.75 Å². The maximum atomic E-state index is 12.1. The van der Waals surface area contributed by atoms with E-state index < -0.39 is 0 Å². The van der Waals surface area contributed by atoms with Gasteiger partial charge in [0.05, 0.1) is 5.56 Å². The number of fused-ring (bicyclic) bond motifs is 1. The SMILES string of the molecule is CC1=C(CCO)C(=O)c2c(O)cccc2C1=O. The predicted molar refractivity (Wildman–Crippen MR) is 61.2 cm³/mol. The Morgan fingerprint density at radius 3 is 2.53 bits per heavy atom. The van der Waals surface area contributed by atoms with Crippen molar-refractivity contribution in [2.24, 2.45) is 0 Å². The fourth-order valence-electron chi connectivity index (χ4n) is 2.04. The molecule has 4 heteroatoms. The molecule has 2 rings (SSSR count). The Labute approximate surface area is 98.2 Å². The monoisotopic (exact) mass is 232 g/mol. The molecule has 0 atom stereocenters. The number of phenolic OH excluding ortho intramolecular Hbond substituents is 1. The molecule has 0 unspecified atom stereocenters. The van der Waals surface area contributed by atoms with Crippen LogP contribution in [0.25, 0.3) is 0 Å². The molecule has 0 bridgehead atoms. The molecule has 0 saturated heterocycles. The van der Waals surface area contributed by atoms with Crippen LogP contribution in [0.4, 0.5) is 0 Å². The van der Waals surface area contributed by atoms with Gasteiger partial charge in [-0.2, -0.15) is 0 Å². The maximum absolute atomic E-state index is 12.1. The lowest BCUT2D eigenvalue weighted by Crippen LogP contribution is -2.21. The molecule has 2 N–H and O–H groups in total. The molecular formula is C13H12O4. The van der Waals surface area contributed by atoms with Crippen LogP contribution in [0.3, 0.4) is 0 Å². The van der Waals surface area contributed by atoms with Gasteiger partial charge in [0.15, 0.2) is 11.6 Å². The summed E-state index contributed by atoms with van der Waals surface area (Å²) >= 11 is 0. The fraction of sp³-hybridized carbons (Fsp3) is 0.231. The van der Waals surface area contributed by atoms with E-state index in [-0.39, 0.29) is 47.0 Å². The van der Waals surface area contributed by atoms with E-state index in [2.05, 4.69) is 0 Å². The minimum absolute atomic E-state index is 0.0477. The summed E-state index contributed by atoms with van der Waals surface area (Å²) < 4.78 is 0. The third-order valence-electron chi connectivity index (χ3n) is 2.94. The van der Waals surface area contributed by atoms with Crippen molar-refractivity contribution in [2.45, 2.75) is 13.3 Å². The molecule has 1 aliphatic rings. The van der Waals surface area contributed by atoms with Gasteiger partial charge < -0.3 is 10.2 Å². The smallest absolute Gasteiger partial charge is 0.193 e. The number of benzene rings is 1. The maximum Gasteiger partial charge on any atom is 0.193 e. The predicted octanol–water partition coefficient (Wildman–Crippen LogP) is 1.47. The van der Waals surface area contributed by atoms with Gasteiger partial charge >= 0.3 is 0 Å². The molecule has 0 fully saturated rings. The summed E-state index contributed by atoms with van der Waals surface area (Å²) in [5, 5.41) is 18.6. The van der Waals surface area contributed by atoms with Gasteiger partial charge in [0, 0.05) is 23.3 Å². The summed E-state index contributed by atoms with van der Waals surface area (Å²) in [5.41, 5.74) is 0.911. The summed E-state index contributed by atoms with van der Waals surface area (Å²) in [5.74, 6) is -0.827. The van der Waals surface area contributed by atoms with Crippen molar-refractivity contribution >= 4 is 11.6 Å². The first-order chi connectivity index (χ1) is 8.07. The van der Waals surface area contributed by atoms with Gasteiger partial charge in [0.25, 0.3) is 0 Å². The van der Waals surface area contributed by atoms with Gasteiger partial charge in [-0.05, 0) is 19.4 Å². The summed E-state index contributed by atoms with van der Waals surface area (Å²) in [4.78, 5) is 24.1. The number of carbonyl (C=O) groups is 2. The number of rotatable bonds is 2. The molecule has 4 nitrogen and oxygen atoms in total. The number of aromatic hydroxyl groups is 1. The Morgan fingerprint density at radius 2 is 1.88 bits per heavy atom. The molecule has 88 valence electrons. The van der Waals surface area contributed by atoms with Gasteiger partial charge in [-0.1, -0.05) is 12.1 Å². The van der Waals surface area contributed by atoms with E-state index in [4.69, 9.17) is 5.11 Å². The zero-order valence-electron chi connectivity index (χ0n) is 9.36. The zero-order valence-corrected chi connectivity index (χ0v) is 9.36. The molecule has 0 heterocycles. The Hall–Kier alpha value is -1.94. The van der Waals surface area contributed by atoms with Gasteiger partial charge in [-0.15, -0.1) is 0 Å². The van der Waals surface area contributed by atoms with Crippen LogP contribution < -0.4 is 0 Å². The van der Waals surface area contributed by atoms with Gasteiger partial charge in [0.1, 0.15) is 5.75 Å². The van der Waals surface area contributed by atoms with Crippen LogP contribution in [0.15, 0.2) is 29.3 Å². The average Bonchev–Trinajstić information content (AvgIpc) is 2.31. The van der Waals surface area contributed by atoms with E-state index in [0.717, 1.165) is 0 Å². The van der Waals surface area contributed by atoms with Crippen molar-refractivity contribution in [3.63, 3.8) is 0 Å². The first-order valence-electron chi connectivity index (χ1n) is 5.30. The molecule has 1 aromatic rings. The first kappa shape index (κ1) is 11.5. The number of allylic oxidation sites excluding steroid dienone is 1. The molecule has 0 aliphatic heterocycles. The van der Waals surface area contributed by atoms with Gasteiger partial charge in [-0.25, -0.2) is 0 Å². The van der Waals surface area contributed by atoms with Crippen LogP contribution in [0.2, 0.25) is 0 Å². The molecule has 1 aliphatic carbocycles. The van der Waals surface area contributed by atoms with Crippen LogP contribution in [-0.2, 0) is 0 Å². The standard InChI is InChI=1S/C13H12O4/c1-7-8(5-6-14)13(17)11-9(12(7)16)3-2-4-10(11)15/h2-4,14-15H,5-6H2,1H3. The van der Waals surface area contributed by atoms with Crippen molar-refractivity contribution in [1.29, 1.82) is 0 Å². The average molecular weight is 232 g/mol. The van der Waals surface area contributed by atoms with E-state index in [1.165, 1.54) is 18.2 Å². The number of hydrogen-bond donors (Lipinski definition) is 2. The summed E-state index contributed by atoms with van der Waals surface area (Å²) in [6, 6.07) is 4.43. The third kappa shape index (κ3) is 1.66. The highest BCUT2D eigenvalue weighted by Crippen LogP contribution is 2.32. The van der Waals surface area contributed by atoms with E-state index in [0.29, 0.717) is 5.57 Å². The van der Waals surface area contributed by atoms with Gasteiger partial charge in [0.2, 0.25) is 0 Å². The quantitative estimate of drug-likeness (QED) is 0.809. The lowest BCUT2D eigenvalue weighted by molar-refractivity contribution is 0.0966. The summed E-state index contributed by atoms with van der Waals surface area (Å²) in [7, 11) is 0. The Balaban J connectivity index is 2.65. The lowest BCUT2D eigenvalue weighted by Gasteiger charge is -2.19. The number of phenols is 1. The second-order valence-corrected chi connectivity index (χ2v) is 3.94. The first-order valence-corrected chi connectivity index (χ1v) is 5.30. The second kappa shape index (κ2) is 4.14. The van der Waals surface area contributed by atoms with Crippen molar-refractivity contribution in [1.82, 2.24) is 0 Å². The Morgan fingerprint density at radius 1 is 1.18 bits per heavy atom. The van der Waals surface area contributed by atoms with Crippen LogP contribution >= 0.6 is 0 Å². The van der Waals surface area contributed by atoms with Crippen LogP contribution in [0, 0.1) is 0 Å². The minimum atomic E-state index is -0.371. The van der Waals surface area contributed by atoms with E-state index in [1.807, 2.05) is 0 Å². The highest BCUT2D eigenvalue weighted by atomic mass is 16.3. The number of aliphatic hydroxyl groups is 1. The third-order valence-corrected chi connectivity index (χ3v) is 2.94. The van der Waals surface area contributed by atoms with Crippen LogP contribution in [-0.4, -0.2) is 28.4 Å². The van der Waals surface area contributed by atoms with E-state index in [1.54, 1.807) is 6.92 Å². The van der Waals surface area contributed by atoms with E-state index in [9.17, 15) is 14.7 Å². The van der Waals surface area contributed by atoms with Crippen molar-refractivity contribution in [2.75, 3.05) is 6.61 Å². The molecule has 0 amide bonds. The van der Waals surface area contributed by atoms with Crippen molar-refractivity contribution in [3.8, 4) is 5.75 Å². The summed E-state index contributed by atoms with van der Waals surface area (Å²) in [6.07, 6.45) is 0.129. The Bertz CT molecular complexity index is 540. The fourth-order valence-corrected chi connectivity index (χ4v) is 2.04. The number of carbonyl (C=O) groups excluding carboxylic acids is 2. The highest BCUT2D eigenvalue weighted by molar-refractivity contribution is 6.27. The largest absolute Gasteiger partial charge is 0.507 e. The molecule has 0 saturated carbocycles. The molecule has 0 spiro atoms. The minimum Gasteiger partial charge on any atom is -0.507 e. The number of ketones is 2.